The fraction of sp³-hybridized carbons (Fsp3) is 0. The molecule has 1 aromatic carbocycles. The van der Waals surface area contributed by atoms with Crippen molar-refractivity contribution in [3.05, 3.63) is 39.2 Å². The monoisotopic (exact) mass is 303 g/mol. The van der Waals surface area contributed by atoms with Crippen LogP contribution < -0.4 is 0 Å². The molecule has 0 atom stereocenters. The Morgan fingerprint density at radius 3 is 2.69 bits per heavy atom. The van der Waals surface area contributed by atoms with Crippen LogP contribution in [0.15, 0.2) is 33.3 Å². The zero-order valence-corrected chi connectivity index (χ0v) is 9.56. The van der Waals surface area contributed by atoms with E-state index >= 15 is 0 Å². The molecular weight excluding hydrogens is 301 g/mol. The first kappa shape index (κ1) is 9.09. The van der Waals surface area contributed by atoms with Crippen LogP contribution in [0.5, 0.6) is 0 Å². The maximum absolute atomic E-state index is 13.1. The van der Waals surface area contributed by atoms with Crippen molar-refractivity contribution >= 4 is 42.8 Å². The van der Waals surface area contributed by atoms with Crippen molar-refractivity contribution in [2.24, 2.45) is 0 Å². The van der Waals surface area contributed by atoms with Gasteiger partial charge in [-0.25, -0.2) is 9.37 Å². The first-order valence-corrected chi connectivity index (χ1v) is 5.17. The van der Waals surface area contributed by atoms with Gasteiger partial charge in [0.05, 0.1) is 9.99 Å². The van der Waals surface area contributed by atoms with Gasteiger partial charge in [-0.3, -0.25) is 0 Å². The first-order chi connectivity index (χ1) is 6.16. The summed E-state index contributed by atoms with van der Waals surface area (Å²) in [7, 11) is 0. The predicted molar refractivity (Wildman–Crippen MR) is 57.1 cm³/mol. The molecule has 2 rings (SSSR count). The lowest BCUT2D eigenvalue weighted by Crippen LogP contribution is -1.83. The Labute approximate surface area is 91.2 Å². The van der Waals surface area contributed by atoms with E-state index in [4.69, 9.17) is 0 Å². The predicted octanol–water partition coefficient (Wildman–Crippen LogP) is 3.90. The molecule has 0 amide bonds. The molecule has 0 aliphatic heterocycles. The molecule has 13 heavy (non-hydrogen) atoms. The fourth-order valence-corrected chi connectivity index (χ4v) is 1.78. The van der Waals surface area contributed by atoms with Crippen LogP contribution in [-0.2, 0) is 0 Å². The summed E-state index contributed by atoms with van der Waals surface area (Å²) in [5, 5.41) is 0.913. The molecule has 0 radical (unpaired) electrons. The Balaban J connectivity index is 2.81. The van der Waals surface area contributed by atoms with Gasteiger partial charge in [0, 0.05) is 11.5 Å². The number of nitrogens with zero attached hydrogens (tertiary/aromatic N) is 1. The quantitative estimate of drug-likeness (QED) is 0.673. The molecule has 0 unspecified atom stereocenters. The maximum Gasteiger partial charge on any atom is 0.139 e. The van der Waals surface area contributed by atoms with Gasteiger partial charge in [-0.1, -0.05) is 6.07 Å². The van der Waals surface area contributed by atoms with Gasteiger partial charge in [0.1, 0.15) is 10.4 Å². The number of aromatic nitrogens is 1. The second-order valence-corrected chi connectivity index (χ2v) is 4.26. The largest absolute Gasteiger partial charge is 0.241 e. The second kappa shape index (κ2) is 3.35. The van der Waals surface area contributed by atoms with E-state index in [1.165, 1.54) is 6.07 Å². The highest BCUT2D eigenvalue weighted by Crippen LogP contribution is 2.23. The lowest BCUT2D eigenvalue weighted by Gasteiger charge is -1.99. The van der Waals surface area contributed by atoms with Crippen LogP contribution in [0.1, 0.15) is 0 Å². The fourth-order valence-electron chi connectivity index (χ4n) is 1.09. The van der Waals surface area contributed by atoms with Crippen molar-refractivity contribution in [2.45, 2.75) is 0 Å². The van der Waals surface area contributed by atoms with E-state index in [1.54, 1.807) is 6.07 Å². The molecule has 1 nitrogen and oxygen atoms in total. The van der Waals surface area contributed by atoms with Gasteiger partial charge in [0.25, 0.3) is 0 Å². The molecule has 0 spiro atoms. The van der Waals surface area contributed by atoms with E-state index < -0.39 is 0 Å². The molecule has 4 heteroatoms. The molecule has 0 aliphatic carbocycles. The number of fused-ring (bicyclic) bond motifs is 1. The second-order valence-electron chi connectivity index (χ2n) is 2.59. The summed E-state index contributed by atoms with van der Waals surface area (Å²) in [5.41, 5.74) is 0.648. The number of benzene rings is 1. The van der Waals surface area contributed by atoms with Crippen molar-refractivity contribution in [3.8, 4) is 0 Å². The number of hydrogen-bond donors (Lipinski definition) is 0. The lowest BCUT2D eigenvalue weighted by atomic mass is 10.2. The van der Waals surface area contributed by atoms with Crippen molar-refractivity contribution in [3.63, 3.8) is 0 Å². The van der Waals surface area contributed by atoms with Crippen LogP contribution in [0.2, 0.25) is 0 Å². The minimum atomic E-state index is -0.293. The highest BCUT2D eigenvalue weighted by atomic mass is 79.9. The van der Waals surface area contributed by atoms with E-state index in [1.807, 2.05) is 12.1 Å². The summed E-state index contributed by atoms with van der Waals surface area (Å²) in [5.74, 6) is -0.293. The molecule has 0 saturated heterocycles. The van der Waals surface area contributed by atoms with Gasteiger partial charge < -0.3 is 0 Å². The minimum absolute atomic E-state index is 0.293. The normalized spacial score (nSPS) is 10.7. The summed E-state index contributed by atoms with van der Waals surface area (Å²) in [4.78, 5) is 4.13. The molecule has 0 fully saturated rings. The lowest BCUT2D eigenvalue weighted by molar-refractivity contribution is 0.623. The van der Waals surface area contributed by atoms with Crippen molar-refractivity contribution in [1.82, 2.24) is 4.98 Å². The van der Waals surface area contributed by atoms with Crippen LogP contribution in [0.3, 0.4) is 0 Å². The van der Waals surface area contributed by atoms with Crippen LogP contribution in [0.25, 0.3) is 10.9 Å². The van der Waals surface area contributed by atoms with E-state index in [0.717, 1.165) is 5.39 Å². The molecular formula is C9H4Br2FN. The molecule has 1 aromatic heterocycles. The van der Waals surface area contributed by atoms with Gasteiger partial charge in [-0.2, -0.15) is 0 Å². The third-order valence-electron chi connectivity index (χ3n) is 1.70. The molecule has 0 saturated carbocycles. The van der Waals surface area contributed by atoms with Gasteiger partial charge >= 0.3 is 0 Å². The summed E-state index contributed by atoms with van der Waals surface area (Å²) in [6, 6.07) is 6.83. The molecule has 66 valence electrons. The molecule has 0 aliphatic rings. The SMILES string of the molecule is Fc1cc2nc(Br)ccc2cc1Br. The Morgan fingerprint density at radius 1 is 1.15 bits per heavy atom. The number of hydrogen-bond acceptors (Lipinski definition) is 1. The topological polar surface area (TPSA) is 12.9 Å². The van der Waals surface area contributed by atoms with Gasteiger partial charge in [-0.15, -0.1) is 0 Å². The third-order valence-corrected chi connectivity index (χ3v) is 2.75. The average molecular weight is 305 g/mol. The summed E-state index contributed by atoms with van der Waals surface area (Å²) >= 11 is 6.35. The van der Waals surface area contributed by atoms with Crippen molar-refractivity contribution in [2.75, 3.05) is 0 Å². The smallest absolute Gasteiger partial charge is 0.139 e. The average Bonchev–Trinajstić information content (AvgIpc) is 2.08. The van der Waals surface area contributed by atoms with Gasteiger partial charge in [0.2, 0.25) is 0 Å². The van der Waals surface area contributed by atoms with E-state index in [2.05, 4.69) is 36.8 Å². The molecule has 2 aromatic rings. The Bertz CT molecular complexity index is 470. The van der Waals surface area contributed by atoms with Crippen molar-refractivity contribution in [1.29, 1.82) is 0 Å². The van der Waals surface area contributed by atoms with Gasteiger partial charge in [-0.05, 0) is 44.0 Å². The van der Waals surface area contributed by atoms with Crippen LogP contribution in [-0.4, -0.2) is 4.98 Å². The Morgan fingerprint density at radius 2 is 1.92 bits per heavy atom. The summed E-state index contributed by atoms with van der Waals surface area (Å²) in [6.45, 7) is 0. The van der Waals surface area contributed by atoms with Gasteiger partial charge in [0.15, 0.2) is 0 Å². The number of halogens is 3. The highest BCUT2D eigenvalue weighted by Gasteiger charge is 2.02. The number of pyridine rings is 1. The molecule has 1 heterocycles. The highest BCUT2D eigenvalue weighted by molar-refractivity contribution is 9.10. The maximum atomic E-state index is 13.1. The first-order valence-electron chi connectivity index (χ1n) is 3.58. The van der Waals surface area contributed by atoms with Crippen molar-refractivity contribution < 1.29 is 4.39 Å². The summed E-state index contributed by atoms with van der Waals surface area (Å²) in [6.07, 6.45) is 0. The van der Waals surface area contributed by atoms with Crippen LogP contribution >= 0.6 is 31.9 Å². The Kier molecular flexibility index (Phi) is 2.34. The van der Waals surface area contributed by atoms with E-state index in [0.29, 0.717) is 14.6 Å². The van der Waals surface area contributed by atoms with E-state index in [-0.39, 0.29) is 5.82 Å². The minimum Gasteiger partial charge on any atom is -0.241 e. The number of rotatable bonds is 0. The Hall–Kier alpha value is -0.480. The molecule has 0 bridgehead atoms. The molecule has 0 N–H and O–H groups in total. The van der Waals surface area contributed by atoms with E-state index in [9.17, 15) is 4.39 Å². The summed E-state index contributed by atoms with van der Waals surface area (Å²) < 4.78 is 14.3. The standard InChI is InChI=1S/C9H4Br2FN/c10-6-3-5-1-2-9(11)13-8(5)4-7(6)12/h1-4H. The third kappa shape index (κ3) is 1.74. The van der Waals surface area contributed by atoms with Crippen LogP contribution in [0, 0.1) is 5.82 Å². The zero-order chi connectivity index (χ0) is 9.42. The van der Waals surface area contributed by atoms with Crippen LogP contribution in [0.4, 0.5) is 4.39 Å². The zero-order valence-electron chi connectivity index (χ0n) is 6.39.